The molecule has 0 saturated carbocycles. The Morgan fingerprint density at radius 1 is 1.28 bits per heavy atom. The molecule has 3 rings (SSSR count). The van der Waals surface area contributed by atoms with Crippen molar-refractivity contribution >= 4 is 43.8 Å². The van der Waals surface area contributed by atoms with Crippen molar-refractivity contribution in [3.05, 3.63) is 0 Å². The smallest absolute Gasteiger partial charge is 0.431 e. The first-order valence-corrected chi connectivity index (χ1v) is 11.3. The number of rotatable bonds is 5. The van der Waals surface area contributed by atoms with Crippen molar-refractivity contribution < 1.29 is 46.9 Å². The van der Waals surface area contributed by atoms with Crippen molar-refractivity contribution in [1.29, 1.82) is 0 Å². The molecule has 0 aromatic heterocycles. The number of fused-ring (bicyclic) bond motifs is 1. The van der Waals surface area contributed by atoms with Crippen LogP contribution in [0.25, 0.3) is 0 Å². The van der Waals surface area contributed by atoms with Gasteiger partial charge in [-0.15, -0.1) is 0 Å². The van der Waals surface area contributed by atoms with E-state index < -0.39 is 61.8 Å². The lowest BCUT2D eigenvalue weighted by molar-refractivity contribution is -0.171. The molecule has 3 heterocycles. The van der Waals surface area contributed by atoms with Crippen molar-refractivity contribution in [1.82, 2.24) is 4.90 Å². The highest BCUT2D eigenvalue weighted by Gasteiger charge is 2.77. The summed E-state index contributed by atoms with van der Waals surface area (Å²) in [4.78, 5) is 37.5. The van der Waals surface area contributed by atoms with E-state index in [2.05, 4.69) is 15.9 Å². The van der Waals surface area contributed by atoms with Crippen LogP contribution in [0.3, 0.4) is 0 Å². The fourth-order valence-electron chi connectivity index (χ4n) is 3.73. The molecule has 0 bridgehead atoms. The second-order valence-corrected chi connectivity index (χ2v) is 11.5. The number of β-lactam (4-membered cyclic amide) rings is 1. The second-order valence-electron chi connectivity index (χ2n) is 7.54. The zero-order chi connectivity index (χ0) is 21.6. The maximum absolute atomic E-state index is 12.9. The minimum Gasteiger partial charge on any atom is -0.431 e. The van der Waals surface area contributed by atoms with E-state index in [1.807, 2.05) is 0 Å². The van der Waals surface area contributed by atoms with Gasteiger partial charge in [-0.1, -0.05) is 15.9 Å². The normalized spacial score (nSPS) is 32.8. The second kappa shape index (κ2) is 7.67. The minimum atomic E-state index is -4.02. The molecule has 3 fully saturated rings. The quantitative estimate of drug-likeness (QED) is 0.231. The molecule has 0 aliphatic carbocycles. The number of aliphatic hydroxyl groups is 1. The number of ether oxygens (including phenoxy) is 4. The number of hydrogen-bond donors (Lipinski definition) is 1. The number of amides is 1. The highest BCUT2D eigenvalue weighted by Crippen LogP contribution is 2.53. The van der Waals surface area contributed by atoms with Crippen molar-refractivity contribution in [2.24, 2.45) is 0 Å². The summed E-state index contributed by atoms with van der Waals surface area (Å²) in [6.07, 6.45) is -0.321. The van der Waals surface area contributed by atoms with Crippen LogP contribution in [0.2, 0.25) is 0 Å². The van der Waals surface area contributed by atoms with E-state index in [4.69, 9.17) is 18.9 Å². The van der Waals surface area contributed by atoms with E-state index in [1.165, 1.54) is 13.8 Å². The van der Waals surface area contributed by atoms with Gasteiger partial charge in [0.25, 0.3) is 0 Å². The number of halogens is 1. The molecule has 0 aromatic rings. The average molecular weight is 500 g/mol. The maximum atomic E-state index is 12.9. The molecule has 0 radical (unpaired) electrons. The number of aliphatic hydroxyl groups excluding tert-OH is 1. The molecule has 3 atom stereocenters. The molecule has 3 aliphatic heterocycles. The van der Waals surface area contributed by atoms with E-state index in [0.717, 1.165) is 4.90 Å². The van der Waals surface area contributed by atoms with Crippen LogP contribution in [0.15, 0.2) is 0 Å². The Morgan fingerprint density at radius 3 is 2.48 bits per heavy atom. The number of hydrogen-bond acceptors (Lipinski definition) is 10. The Labute approximate surface area is 175 Å². The third-order valence-electron chi connectivity index (χ3n) is 5.46. The standard InChI is InChI=1S/C16H22BrNO10S/c1-15(2)10(18-12(21)16(17,7-19)13(18)29(15,23)24)11(20)26-8-27-14(22)28-9-3-5-25-6-4-9/h9-10,13,19H,3-8H2,1-2H3/t10-,13+,16?/m0/s1. The number of nitrogens with zero attached hydrogens (tertiary/aromatic N) is 1. The predicted octanol–water partition coefficient (Wildman–Crippen LogP) is -0.311. The van der Waals surface area contributed by atoms with Crippen LogP contribution in [0, 0.1) is 0 Å². The molecule has 0 spiro atoms. The van der Waals surface area contributed by atoms with Gasteiger partial charge in [0.1, 0.15) is 16.9 Å². The van der Waals surface area contributed by atoms with Gasteiger partial charge in [0, 0.05) is 12.8 Å². The summed E-state index contributed by atoms with van der Waals surface area (Å²) >= 11 is 2.99. The molecule has 1 N–H and O–H groups in total. The van der Waals surface area contributed by atoms with E-state index >= 15 is 0 Å². The van der Waals surface area contributed by atoms with Crippen molar-refractivity contribution in [2.75, 3.05) is 26.6 Å². The van der Waals surface area contributed by atoms with Crippen LogP contribution in [0.1, 0.15) is 26.7 Å². The third kappa shape index (κ3) is 3.41. The Bertz CT molecular complexity index is 809. The third-order valence-corrected chi connectivity index (χ3v) is 9.69. The maximum Gasteiger partial charge on any atom is 0.511 e. The summed E-state index contributed by atoms with van der Waals surface area (Å²) in [5.41, 5.74) is 0. The molecule has 13 heteroatoms. The molecule has 29 heavy (non-hydrogen) atoms. The van der Waals surface area contributed by atoms with Gasteiger partial charge >= 0.3 is 12.1 Å². The summed E-state index contributed by atoms with van der Waals surface area (Å²) < 4.78 is 42.2. The zero-order valence-electron chi connectivity index (χ0n) is 15.8. The molecular formula is C16H22BrNO10S. The Hall–Kier alpha value is -1.44. The SMILES string of the molecule is CC1(C)[C@H](C(=O)OCOC(=O)OC2CCOCC2)N2C(=O)C(Br)(CO)[C@H]2S1(=O)=O. The number of esters is 1. The number of alkyl halides is 1. The first-order chi connectivity index (χ1) is 13.5. The van der Waals surface area contributed by atoms with Crippen LogP contribution < -0.4 is 0 Å². The van der Waals surface area contributed by atoms with Gasteiger partial charge in [0.2, 0.25) is 12.7 Å². The van der Waals surface area contributed by atoms with Crippen LogP contribution in [-0.2, 0) is 38.4 Å². The molecule has 1 unspecified atom stereocenters. The topological polar surface area (TPSA) is 146 Å². The Balaban J connectivity index is 1.62. The molecule has 0 aromatic carbocycles. The lowest BCUT2D eigenvalue weighted by atomic mass is 9.92. The summed E-state index contributed by atoms with van der Waals surface area (Å²) in [6, 6.07) is -1.45. The zero-order valence-corrected chi connectivity index (χ0v) is 18.2. The van der Waals surface area contributed by atoms with E-state index in [0.29, 0.717) is 26.1 Å². The fraction of sp³-hybridized carbons (Fsp3) is 0.812. The van der Waals surface area contributed by atoms with Gasteiger partial charge in [0.05, 0.1) is 19.8 Å². The first-order valence-electron chi connectivity index (χ1n) is 8.92. The van der Waals surface area contributed by atoms with Gasteiger partial charge in [0.15, 0.2) is 19.5 Å². The summed E-state index contributed by atoms with van der Waals surface area (Å²) in [7, 11) is -4.02. The van der Waals surface area contributed by atoms with Crippen LogP contribution in [0.4, 0.5) is 4.79 Å². The van der Waals surface area contributed by atoms with Gasteiger partial charge in [-0.05, 0) is 13.8 Å². The van der Waals surface area contributed by atoms with Crippen LogP contribution >= 0.6 is 15.9 Å². The highest BCUT2D eigenvalue weighted by atomic mass is 79.9. The van der Waals surface area contributed by atoms with E-state index in [-0.39, 0.29) is 6.10 Å². The van der Waals surface area contributed by atoms with Gasteiger partial charge in [-0.3, -0.25) is 4.79 Å². The Morgan fingerprint density at radius 2 is 1.90 bits per heavy atom. The van der Waals surface area contributed by atoms with Crippen molar-refractivity contribution in [2.45, 2.75) is 53.3 Å². The minimum absolute atomic E-state index is 0.351. The lowest BCUT2D eigenvalue weighted by Gasteiger charge is -2.48. The van der Waals surface area contributed by atoms with Gasteiger partial charge < -0.3 is 29.0 Å². The predicted molar refractivity (Wildman–Crippen MR) is 98.5 cm³/mol. The lowest BCUT2D eigenvalue weighted by Crippen LogP contribution is -2.73. The molecule has 11 nitrogen and oxygen atoms in total. The molecule has 164 valence electrons. The van der Waals surface area contributed by atoms with Crippen molar-refractivity contribution in [3.63, 3.8) is 0 Å². The fourth-order valence-corrected chi connectivity index (χ4v) is 7.17. The van der Waals surface area contributed by atoms with Crippen molar-refractivity contribution in [3.8, 4) is 0 Å². The average Bonchev–Trinajstić information content (AvgIpc) is 2.82. The van der Waals surface area contributed by atoms with Gasteiger partial charge in [-0.25, -0.2) is 18.0 Å². The summed E-state index contributed by atoms with van der Waals surface area (Å²) in [5, 5.41) is 8.07. The molecular weight excluding hydrogens is 478 g/mol. The van der Waals surface area contributed by atoms with E-state index in [9.17, 15) is 27.9 Å². The Kier molecular flexibility index (Phi) is 5.89. The number of sulfone groups is 1. The molecule has 3 saturated heterocycles. The van der Waals surface area contributed by atoms with E-state index in [1.54, 1.807) is 0 Å². The van der Waals surface area contributed by atoms with Crippen LogP contribution in [0.5, 0.6) is 0 Å². The largest absolute Gasteiger partial charge is 0.511 e. The van der Waals surface area contributed by atoms with Gasteiger partial charge in [-0.2, -0.15) is 0 Å². The summed E-state index contributed by atoms with van der Waals surface area (Å²) in [5.74, 6) is -1.78. The summed E-state index contributed by atoms with van der Waals surface area (Å²) in [6.45, 7) is 1.99. The number of carbonyl (C=O) groups excluding carboxylic acids is 3. The first kappa shape index (κ1) is 22.2. The molecule has 1 amide bonds. The van der Waals surface area contributed by atoms with Crippen LogP contribution in [-0.4, -0.2) is 89.7 Å². The highest BCUT2D eigenvalue weighted by molar-refractivity contribution is 9.10. The molecule has 3 aliphatic rings. The monoisotopic (exact) mass is 499 g/mol. The number of carbonyl (C=O) groups is 3.